The van der Waals surface area contributed by atoms with Gasteiger partial charge >= 0.3 is 0 Å². The van der Waals surface area contributed by atoms with E-state index in [2.05, 4.69) is 5.32 Å². The van der Waals surface area contributed by atoms with E-state index in [1.807, 2.05) is 0 Å². The number of nitrogens with two attached hydrogens (primary N) is 5. The van der Waals surface area contributed by atoms with Gasteiger partial charge in [0.15, 0.2) is 24.7 Å². The SMILES string of the molecule is NC[C@@H]1O[C@H](O[C@H]2[C@@H](O)[C@H](O[C@@H]3[C@@H](O)[C@H](CC(=O)C4(O)CC4N)C[C@H](N)[C@H]3O[C@H]3O[C@H](CNCCO)[C@@H](O)[C@H](O)[C@H]3N)O[C@@H]2CO)[C@H](N)[C@@H](O)[C@@H]1O. The van der Waals surface area contributed by atoms with Crippen LogP contribution in [0.2, 0.25) is 0 Å². The van der Waals surface area contributed by atoms with Crippen molar-refractivity contribution in [2.75, 3.05) is 32.8 Å². The molecule has 0 radical (unpaired) electrons. The van der Waals surface area contributed by atoms with Crippen molar-refractivity contribution in [2.24, 2.45) is 34.6 Å². The van der Waals surface area contributed by atoms with Crippen LogP contribution in [0.1, 0.15) is 19.3 Å². The van der Waals surface area contributed by atoms with E-state index >= 15 is 0 Å². The molecule has 22 heteroatoms. The monoisotopic (exact) mass is 756 g/mol. The van der Waals surface area contributed by atoms with E-state index in [4.69, 9.17) is 62.2 Å². The van der Waals surface area contributed by atoms with Crippen LogP contribution in [0.4, 0.5) is 0 Å². The van der Waals surface area contributed by atoms with Gasteiger partial charge in [0.05, 0.1) is 31.4 Å². The van der Waals surface area contributed by atoms with Crippen LogP contribution in [0.5, 0.6) is 0 Å². The molecule has 2 aliphatic carbocycles. The van der Waals surface area contributed by atoms with Gasteiger partial charge in [0, 0.05) is 44.6 Å². The van der Waals surface area contributed by atoms with Crippen molar-refractivity contribution in [3.05, 3.63) is 0 Å². The molecular weight excluding hydrogens is 700 g/mol. The molecule has 5 fully saturated rings. The Morgan fingerprint density at radius 3 is 1.83 bits per heavy atom. The number of rotatable bonds is 15. The van der Waals surface area contributed by atoms with Gasteiger partial charge in [-0.15, -0.1) is 0 Å². The molecule has 21 atom stereocenters. The highest BCUT2D eigenvalue weighted by Crippen LogP contribution is 2.41. The maximum absolute atomic E-state index is 13.0. The molecule has 0 aromatic carbocycles. The van der Waals surface area contributed by atoms with Gasteiger partial charge in [0.2, 0.25) is 0 Å². The highest BCUT2D eigenvalue weighted by Gasteiger charge is 2.59. The molecule has 2 unspecified atom stereocenters. The number of nitrogens with one attached hydrogen (secondary N) is 1. The highest BCUT2D eigenvalue weighted by atomic mass is 16.8. The Morgan fingerprint density at radius 2 is 1.27 bits per heavy atom. The summed E-state index contributed by atoms with van der Waals surface area (Å²) in [6, 6.07) is -4.41. The number of ether oxygens (including phenoxy) is 6. The van der Waals surface area contributed by atoms with Crippen molar-refractivity contribution in [3.8, 4) is 0 Å². The molecule has 0 aromatic rings. The number of aliphatic hydroxyl groups excluding tert-OH is 8. The van der Waals surface area contributed by atoms with Crippen LogP contribution in [0.15, 0.2) is 0 Å². The van der Waals surface area contributed by atoms with Crippen LogP contribution in [-0.2, 0) is 33.2 Å². The molecule has 302 valence electrons. The minimum absolute atomic E-state index is 0.0116. The summed E-state index contributed by atoms with van der Waals surface area (Å²) in [6.45, 7) is -0.976. The van der Waals surface area contributed by atoms with Gasteiger partial charge < -0.3 is 108 Å². The number of carbonyl (C=O) groups is 1. The molecule has 0 amide bonds. The standard InChI is InChI=1S/C30H56N6O16/c31-6-11-19(41)21(43)16(34)27(47-11)51-25-13(8-38)49-29(23(25)45)52-26-18(40)9(4-15(39)30(46)5-14(30)33)3-10(32)24(26)50-28-17(35)22(44)20(42)12(48-28)7-36-1-2-37/h9-14,16-29,36-38,40-46H,1-8,31-35H2/t9-,10-,11-,12+,13+,14?,16+,17+,18-,19+,20+,21+,22+,23+,24+,25+,26+,27+,28+,29-,30?/m0/s1. The number of Topliss-reactive ketones (excluding diaryl/α,β-unsaturated/α-hetero) is 1. The third kappa shape index (κ3) is 8.47. The molecule has 0 aromatic heterocycles. The van der Waals surface area contributed by atoms with E-state index in [0.29, 0.717) is 0 Å². The zero-order valence-corrected chi connectivity index (χ0v) is 28.5. The Labute approximate surface area is 299 Å². The fourth-order valence-corrected chi connectivity index (χ4v) is 7.32. The van der Waals surface area contributed by atoms with Gasteiger partial charge in [0.25, 0.3) is 0 Å². The van der Waals surface area contributed by atoms with Crippen LogP contribution >= 0.6 is 0 Å². The van der Waals surface area contributed by atoms with Crippen molar-refractivity contribution in [1.29, 1.82) is 0 Å². The number of ketones is 1. The summed E-state index contributed by atoms with van der Waals surface area (Å²) >= 11 is 0. The summed E-state index contributed by atoms with van der Waals surface area (Å²) in [6.07, 6.45) is -21.7. The summed E-state index contributed by atoms with van der Waals surface area (Å²) in [5.41, 5.74) is 28.5. The topological polar surface area (TPSA) is 397 Å². The van der Waals surface area contributed by atoms with Crippen LogP contribution < -0.4 is 34.0 Å². The van der Waals surface area contributed by atoms with E-state index in [1.165, 1.54) is 0 Å². The summed E-state index contributed by atoms with van der Waals surface area (Å²) in [7, 11) is 0. The fourth-order valence-electron chi connectivity index (χ4n) is 7.32. The molecule has 3 saturated heterocycles. The van der Waals surface area contributed by atoms with E-state index in [0.717, 1.165) is 0 Å². The van der Waals surface area contributed by atoms with Gasteiger partial charge in [-0.05, 0) is 12.3 Å². The average Bonchev–Trinajstić information content (AvgIpc) is 3.64. The first-order valence-electron chi connectivity index (χ1n) is 17.5. The molecule has 22 nitrogen and oxygen atoms in total. The first-order chi connectivity index (χ1) is 24.6. The van der Waals surface area contributed by atoms with Crippen molar-refractivity contribution in [3.63, 3.8) is 0 Å². The lowest BCUT2D eigenvalue weighted by Crippen LogP contribution is -2.67. The highest BCUT2D eigenvalue weighted by molar-refractivity contribution is 5.91. The molecule has 0 spiro atoms. The molecule has 3 heterocycles. The van der Waals surface area contributed by atoms with Gasteiger partial charge in [0.1, 0.15) is 72.7 Å². The van der Waals surface area contributed by atoms with Crippen molar-refractivity contribution in [2.45, 2.75) is 141 Å². The largest absolute Gasteiger partial charge is 0.395 e. The van der Waals surface area contributed by atoms with Crippen LogP contribution in [0.25, 0.3) is 0 Å². The van der Waals surface area contributed by atoms with Crippen LogP contribution in [0.3, 0.4) is 0 Å². The predicted molar refractivity (Wildman–Crippen MR) is 172 cm³/mol. The van der Waals surface area contributed by atoms with Crippen molar-refractivity contribution < 1.29 is 79.2 Å². The predicted octanol–water partition coefficient (Wildman–Crippen LogP) is -9.56. The second-order valence-electron chi connectivity index (χ2n) is 14.4. The first-order valence-corrected chi connectivity index (χ1v) is 17.5. The third-order valence-corrected chi connectivity index (χ3v) is 10.8. The zero-order chi connectivity index (χ0) is 38.2. The summed E-state index contributed by atoms with van der Waals surface area (Å²) in [5, 5.41) is 97.7. The van der Waals surface area contributed by atoms with Crippen molar-refractivity contribution >= 4 is 5.78 Å². The molecule has 5 aliphatic rings. The quantitative estimate of drug-likeness (QED) is 0.0690. The minimum Gasteiger partial charge on any atom is -0.395 e. The van der Waals surface area contributed by atoms with Crippen LogP contribution in [0, 0.1) is 5.92 Å². The molecule has 20 N–H and O–H groups in total. The lowest BCUT2D eigenvalue weighted by molar-refractivity contribution is -0.310. The second kappa shape index (κ2) is 17.3. The van der Waals surface area contributed by atoms with E-state index in [9.17, 15) is 45.6 Å². The van der Waals surface area contributed by atoms with E-state index < -0.39 is 140 Å². The Kier molecular flexibility index (Phi) is 14.0. The Bertz CT molecular complexity index is 1180. The molecule has 2 saturated carbocycles. The molecule has 5 rings (SSSR count). The van der Waals surface area contributed by atoms with Gasteiger partial charge in [-0.2, -0.15) is 0 Å². The van der Waals surface area contributed by atoms with Gasteiger partial charge in [-0.25, -0.2) is 0 Å². The van der Waals surface area contributed by atoms with Crippen molar-refractivity contribution in [1.82, 2.24) is 5.32 Å². The smallest absolute Gasteiger partial charge is 0.187 e. The number of carbonyl (C=O) groups excluding carboxylic acids is 1. The molecule has 0 bridgehead atoms. The fraction of sp³-hybridized carbons (Fsp3) is 0.967. The summed E-state index contributed by atoms with van der Waals surface area (Å²) < 4.78 is 35.5. The molecule has 3 aliphatic heterocycles. The molecular formula is C30H56N6O16. The number of hydrogen-bond acceptors (Lipinski definition) is 22. The van der Waals surface area contributed by atoms with E-state index in [1.54, 1.807) is 0 Å². The summed E-state index contributed by atoms with van der Waals surface area (Å²) in [5.74, 6) is -1.53. The summed E-state index contributed by atoms with van der Waals surface area (Å²) in [4.78, 5) is 13.0. The maximum Gasteiger partial charge on any atom is 0.187 e. The number of aliphatic hydroxyl groups is 9. The normalized spacial score (nSPS) is 51.0. The maximum atomic E-state index is 13.0. The van der Waals surface area contributed by atoms with E-state index in [-0.39, 0.29) is 45.5 Å². The lowest BCUT2D eigenvalue weighted by Gasteiger charge is -2.48. The number of hydrogen-bond donors (Lipinski definition) is 15. The Balaban J connectivity index is 1.36. The first kappa shape index (κ1) is 42.0. The minimum atomic E-state index is -1.75. The second-order valence-corrected chi connectivity index (χ2v) is 14.4. The zero-order valence-electron chi connectivity index (χ0n) is 28.5. The lowest BCUT2D eigenvalue weighted by atomic mass is 9.76. The van der Waals surface area contributed by atoms with Gasteiger partial charge in [-0.1, -0.05) is 0 Å². The Morgan fingerprint density at radius 1 is 0.731 bits per heavy atom. The average molecular weight is 757 g/mol. The third-order valence-electron chi connectivity index (χ3n) is 10.8. The van der Waals surface area contributed by atoms with Crippen LogP contribution in [-0.4, -0.2) is 206 Å². The van der Waals surface area contributed by atoms with Gasteiger partial charge in [-0.3, -0.25) is 4.79 Å². The Hall–Kier alpha value is -1.17. The molecule has 52 heavy (non-hydrogen) atoms.